The van der Waals surface area contributed by atoms with Gasteiger partial charge in [0.2, 0.25) is 0 Å². The van der Waals surface area contributed by atoms with Crippen molar-refractivity contribution in [3.8, 4) is 0 Å². The molecule has 0 aromatic heterocycles. The molecule has 1 unspecified atom stereocenters. The molecule has 1 saturated heterocycles. The lowest BCUT2D eigenvalue weighted by Gasteiger charge is -2.25. The summed E-state index contributed by atoms with van der Waals surface area (Å²) in [6, 6.07) is 3.79. The zero-order valence-corrected chi connectivity index (χ0v) is 11.5. The van der Waals surface area contributed by atoms with E-state index in [4.69, 9.17) is 4.74 Å². The highest BCUT2D eigenvalue weighted by Gasteiger charge is 2.20. The molecule has 17 heavy (non-hydrogen) atoms. The zero-order valence-electron chi connectivity index (χ0n) is 9.93. The lowest BCUT2D eigenvalue weighted by molar-refractivity contribution is 0.181. The van der Waals surface area contributed by atoms with Gasteiger partial charge in [-0.1, -0.05) is 22.4 Å². The van der Waals surface area contributed by atoms with Crippen LogP contribution in [0.4, 0.5) is 4.39 Å². The molecule has 4 heteroatoms. The van der Waals surface area contributed by atoms with E-state index in [0.29, 0.717) is 12.2 Å². The van der Waals surface area contributed by atoms with E-state index in [1.54, 1.807) is 13.2 Å². The van der Waals surface area contributed by atoms with Crippen molar-refractivity contribution in [1.29, 1.82) is 0 Å². The molecule has 0 aliphatic carbocycles. The maximum absolute atomic E-state index is 14.3. The Morgan fingerprint density at radius 2 is 2.29 bits per heavy atom. The third kappa shape index (κ3) is 3.06. The molecule has 0 spiro atoms. The number of benzene rings is 1. The van der Waals surface area contributed by atoms with Crippen molar-refractivity contribution in [2.75, 3.05) is 13.7 Å². The van der Waals surface area contributed by atoms with Crippen LogP contribution in [0.25, 0.3) is 0 Å². The van der Waals surface area contributed by atoms with Crippen LogP contribution in [0.2, 0.25) is 0 Å². The van der Waals surface area contributed by atoms with Gasteiger partial charge in [-0.15, -0.1) is 0 Å². The number of nitrogens with one attached hydrogen (secondary N) is 1. The monoisotopic (exact) mass is 301 g/mol. The number of ether oxygens (including phenoxy) is 1. The number of halogens is 2. The minimum Gasteiger partial charge on any atom is -0.380 e. The molecule has 1 heterocycles. The average molecular weight is 302 g/mol. The number of piperidine rings is 1. The molecular formula is C13H17BrFNO. The van der Waals surface area contributed by atoms with Gasteiger partial charge in [-0.3, -0.25) is 0 Å². The standard InChI is InChI=1S/C13H17BrFNO/c1-17-8-9-6-10(14)7-11(13(9)15)12-4-2-3-5-16-12/h6-7,12,16H,2-5,8H2,1H3. The minimum atomic E-state index is -0.130. The predicted molar refractivity (Wildman–Crippen MR) is 69.4 cm³/mol. The Kier molecular flexibility index (Phi) is 4.54. The van der Waals surface area contributed by atoms with Crippen molar-refractivity contribution in [2.45, 2.75) is 31.9 Å². The summed E-state index contributed by atoms with van der Waals surface area (Å²) in [5.74, 6) is -0.130. The Morgan fingerprint density at radius 1 is 1.47 bits per heavy atom. The number of rotatable bonds is 3. The topological polar surface area (TPSA) is 21.3 Å². The number of hydrogen-bond acceptors (Lipinski definition) is 2. The first-order valence-corrected chi connectivity index (χ1v) is 6.72. The van der Waals surface area contributed by atoms with Gasteiger partial charge in [0.1, 0.15) is 5.82 Å². The molecule has 1 aromatic carbocycles. The molecule has 1 aliphatic rings. The van der Waals surface area contributed by atoms with E-state index in [9.17, 15) is 4.39 Å². The van der Waals surface area contributed by atoms with Crippen LogP contribution in [0.5, 0.6) is 0 Å². The van der Waals surface area contributed by atoms with Crippen LogP contribution in [-0.4, -0.2) is 13.7 Å². The van der Waals surface area contributed by atoms with Crippen molar-refractivity contribution < 1.29 is 9.13 Å². The van der Waals surface area contributed by atoms with Gasteiger partial charge in [0, 0.05) is 28.8 Å². The summed E-state index contributed by atoms with van der Waals surface area (Å²) in [6.07, 6.45) is 3.33. The molecule has 0 bridgehead atoms. The van der Waals surface area contributed by atoms with Gasteiger partial charge < -0.3 is 10.1 Å². The highest BCUT2D eigenvalue weighted by Crippen LogP contribution is 2.30. The minimum absolute atomic E-state index is 0.130. The summed E-state index contributed by atoms with van der Waals surface area (Å²) in [5.41, 5.74) is 1.37. The SMILES string of the molecule is COCc1cc(Br)cc(C2CCCCN2)c1F. The first-order chi connectivity index (χ1) is 8.22. The van der Waals surface area contributed by atoms with Crippen LogP contribution >= 0.6 is 15.9 Å². The van der Waals surface area contributed by atoms with E-state index in [1.807, 2.05) is 6.07 Å². The van der Waals surface area contributed by atoms with E-state index in [0.717, 1.165) is 29.4 Å². The van der Waals surface area contributed by atoms with Gasteiger partial charge in [0.05, 0.1) is 6.61 Å². The van der Waals surface area contributed by atoms with Crippen LogP contribution in [-0.2, 0) is 11.3 Å². The zero-order chi connectivity index (χ0) is 12.3. The van der Waals surface area contributed by atoms with E-state index in [2.05, 4.69) is 21.2 Å². The molecule has 2 nitrogen and oxygen atoms in total. The van der Waals surface area contributed by atoms with E-state index < -0.39 is 0 Å². The average Bonchev–Trinajstić information content (AvgIpc) is 2.35. The van der Waals surface area contributed by atoms with E-state index >= 15 is 0 Å². The van der Waals surface area contributed by atoms with Crippen molar-refractivity contribution in [2.24, 2.45) is 0 Å². The van der Waals surface area contributed by atoms with Gasteiger partial charge in [0.15, 0.2) is 0 Å². The van der Waals surface area contributed by atoms with Crippen LogP contribution in [0.1, 0.15) is 36.4 Å². The maximum Gasteiger partial charge on any atom is 0.133 e. The fourth-order valence-corrected chi connectivity index (χ4v) is 2.82. The number of hydrogen-bond donors (Lipinski definition) is 1. The second-order valence-corrected chi connectivity index (χ2v) is 5.32. The maximum atomic E-state index is 14.3. The first-order valence-electron chi connectivity index (χ1n) is 5.92. The van der Waals surface area contributed by atoms with Gasteiger partial charge in [-0.2, -0.15) is 0 Å². The Balaban J connectivity index is 2.31. The molecule has 1 N–H and O–H groups in total. The van der Waals surface area contributed by atoms with Gasteiger partial charge in [0.25, 0.3) is 0 Å². The van der Waals surface area contributed by atoms with Crippen LogP contribution < -0.4 is 5.32 Å². The highest BCUT2D eigenvalue weighted by molar-refractivity contribution is 9.10. The Bertz CT molecular complexity index is 391. The van der Waals surface area contributed by atoms with Crippen LogP contribution in [0.15, 0.2) is 16.6 Å². The third-order valence-electron chi connectivity index (χ3n) is 3.13. The second-order valence-electron chi connectivity index (χ2n) is 4.40. The van der Waals surface area contributed by atoms with Crippen LogP contribution in [0.3, 0.4) is 0 Å². The third-order valence-corrected chi connectivity index (χ3v) is 3.58. The lowest BCUT2D eigenvalue weighted by atomic mass is 9.95. The smallest absolute Gasteiger partial charge is 0.133 e. The largest absolute Gasteiger partial charge is 0.380 e. The lowest BCUT2D eigenvalue weighted by Crippen LogP contribution is -2.27. The Hall–Kier alpha value is -0.450. The highest BCUT2D eigenvalue weighted by atomic mass is 79.9. The molecule has 1 aromatic rings. The molecule has 94 valence electrons. The Labute approximate surface area is 110 Å². The number of methoxy groups -OCH3 is 1. The summed E-state index contributed by atoms with van der Waals surface area (Å²) in [5, 5.41) is 3.37. The molecule has 1 aliphatic heterocycles. The summed E-state index contributed by atoms with van der Waals surface area (Å²) in [6.45, 7) is 1.28. The summed E-state index contributed by atoms with van der Waals surface area (Å²) >= 11 is 3.43. The molecule has 1 atom stereocenters. The fourth-order valence-electron chi connectivity index (χ4n) is 2.30. The first kappa shape index (κ1) is 13.0. The molecule has 0 saturated carbocycles. The normalized spacial score (nSPS) is 20.5. The molecule has 2 rings (SSSR count). The van der Waals surface area contributed by atoms with Gasteiger partial charge in [-0.25, -0.2) is 4.39 Å². The summed E-state index contributed by atoms with van der Waals surface area (Å²) in [7, 11) is 1.58. The molecule has 0 amide bonds. The quantitative estimate of drug-likeness (QED) is 0.922. The molecular weight excluding hydrogens is 285 g/mol. The predicted octanol–water partition coefficient (Wildman–Crippen LogP) is 3.55. The Morgan fingerprint density at radius 3 is 2.94 bits per heavy atom. The fraction of sp³-hybridized carbons (Fsp3) is 0.538. The van der Waals surface area contributed by atoms with Crippen molar-refractivity contribution in [3.63, 3.8) is 0 Å². The molecule has 0 radical (unpaired) electrons. The summed E-state index contributed by atoms with van der Waals surface area (Å²) in [4.78, 5) is 0. The second kappa shape index (κ2) is 5.94. The van der Waals surface area contributed by atoms with E-state index in [-0.39, 0.29) is 11.9 Å². The summed E-state index contributed by atoms with van der Waals surface area (Å²) < 4.78 is 20.2. The van der Waals surface area contributed by atoms with Crippen molar-refractivity contribution >= 4 is 15.9 Å². The van der Waals surface area contributed by atoms with Crippen LogP contribution in [0, 0.1) is 5.82 Å². The van der Waals surface area contributed by atoms with Gasteiger partial charge in [-0.05, 0) is 31.5 Å². The van der Waals surface area contributed by atoms with E-state index in [1.165, 1.54) is 6.42 Å². The van der Waals surface area contributed by atoms with Crippen molar-refractivity contribution in [3.05, 3.63) is 33.5 Å². The van der Waals surface area contributed by atoms with Gasteiger partial charge >= 0.3 is 0 Å². The molecule has 1 fully saturated rings. The van der Waals surface area contributed by atoms with Crippen molar-refractivity contribution in [1.82, 2.24) is 5.32 Å².